The Morgan fingerprint density at radius 3 is 2.86 bits per heavy atom. The SMILES string of the molecule is CCN1CCCC1CNC(=NC)NCCc1sc(C)nc1C. The van der Waals surface area contributed by atoms with E-state index in [1.165, 1.54) is 24.3 Å². The Hall–Kier alpha value is -1.14. The number of likely N-dealkylation sites (tertiary alicyclic amines) is 1. The lowest BCUT2D eigenvalue weighted by molar-refractivity contribution is 0.267. The number of guanidine groups is 1. The van der Waals surface area contributed by atoms with Crippen molar-refractivity contribution in [1.29, 1.82) is 0 Å². The lowest BCUT2D eigenvalue weighted by atomic mass is 10.2. The lowest BCUT2D eigenvalue weighted by Gasteiger charge is -2.23. The molecular weight excluding hydrogens is 294 g/mol. The van der Waals surface area contributed by atoms with Gasteiger partial charge in [0.05, 0.1) is 10.7 Å². The maximum atomic E-state index is 4.47. The second kappa shape index (κ2) is 8.48. The van der Waals surface area contributed by atoms with E-state index in [-0.39, 0.29) is 0 Å². The molecule has 2 rings (SSSR count). The van der Waals surface area contributed by atoms with E-state index >= 15 is 0 Å². The van der Waals surface area contributed by atoms with Crippen LogP contribution in [0.15, 0.2) is 4.99 Å². The van der Waals surface area contributed by atoms with Gasteiger partial charge in [0, 0.05) is 37.5 Å². The van der Waals surface area contributed by atoms with Crippen molar-refractivity contribution in [1.82, 2.24) is 20.5 Å². The molecule has 1 aliphatic heterocycles. The summed E-state index contributed by atoms with van der Waals surface area (Å²) in [4.78, 5) is 12.7. The molecule has 1 saturated heterocycles. The normalized spacial score (nSPS) is 19.6. The van der Waals surface area contributed by atoms with Crippen LogP contribution in [0.1, 0.15) is 35.3 Å². The molecule has 2 N–H and O–H groups in total. The summed E-state index contributed by atoms with van der Waals surface area (Å²) in [6, 6.07) is 0.648. The van der Waals surface area contributed by atoms with Crippen LogP contribution in [-0.4, -0.2) is 55.1 Å². The van der Waals surface area contributed by atoms with Gasteiger partial charge in [-0.25, -0.2) is 4.98 Å². The van der Waals surface area contributed by atoms with Crippen molar-refractivity contribution in [2.75, 3.05) is 33.2 Å². The molecule has 124 valence electrons. The molecule has 1 aromatic rings. The molecule has 6 heteroatoms. The molecule has 2 heterocycles. The molecular formula is C16H29N5S. The third kappa shape index (κ3) is 4.68. The molecule has 0 radical (unpaired) electrons. The number of nitrogens with zero attached hydrogens (tertiary/aromatic N) is 3. The summed E-state index contributed by atoms with van der Waals surface area (Å²) in [6.45, 7) is 10.6. The number of rotatable bonds is 6. The zero-order valence-electron chi connectivity index (χ0n) is 14.3. The van der Waals surface area contributed by atoms with Gasteiger partial charge in [-0.2, -0.15) is 0 Å². The van der Waals surface area contributed by atoms with Crippen LogP contribution >= 0.6 is 11.3 Å². The quantitative estimate of drug-likeness (QED) is 0.621. The summed E-state index contributed by atoms with van der Waals surface area (Å²) in [5, 5.41) is 8.03. The Bertz CT molecular complexity index is 497. The Morgan fingerprint density at radius 2 is 2.23 bits per heavy atom. The number of hydrogen-bond acceptors (Lipinski definition) is 4. The van der Waals surface area contributed by atoms with Gasteiger partial charge >= 0.3 is 0 Å². The first-order chi connectivity index (χ1) is 10.6. The van der Waals surface area contributed by atoms with Crippen molar-refractivity contribution in [3.8, 4) is 0 Å². The summed E-state index contributed by atoms with van der Waals surface area (Å²) in [5.41, 5.74) is 1.16. The van der Waals surface area contributed by atoms with Crippen molar-refractivity contribution in [2.24, 2.45) is 4.99 Å². The number of aromatic nitrogens is 1. The van der Waals surface area contributed by atoms with Gasteiger partial charge in [0.1, 0.15) is 0 Å². The van der Waals surface area contributed by atoms with Gasteiger partial charge in [0.25, 0.3) is 0 Å². The van der Waals surface area contributed by atoms with Crippen molar-refractivity contribution < 1.29 is 0 Å². The largest absolute Gasteiger partial charge is 0.356 e. The van der Waals surface area contributed by atoms with Gasteiger partial charge in [-0.3, -0.25) is 9.89 Å². The van der Waals surface area contributed by atoms with Gasteiger partial charge < -0.3 is 10.6 Å². The lowest BCUT2D eigenvalue weighted by Crippen LogP contribution is -2.45. The van der Waals surface area contributed by atoms with E-state index < -0.39 is 0 Å². The molecule has 0 aliphatic carbocycles. The van der Waals surface area contributed by atoms with Gasteiger partial charge in [0.15, 0.2) is 5.96 Å². The second-order valence-electron chi connectivity index (χ2n) is 5.80. The zero-order chi connectivity index (χ0) is 15.9. The van der Waals surface area contributed by atoms with E-state index in [1.54, 1.807) is 11.3 Å². The van der Waals surface area contributed by atoms with E-state index in [1.807, 2.05) is 7.05 Å². The highest BCUT2D eigenvalue weighted by Gasteiger charge is 2.22. The van der Waals surface area contributed by atoms with Gasteiger partial charge in [-0.1, -0.05) is 6.92 Å². The highest BCUT2D eigenvalue weighted by Crippen LogP contribution is 2.17. The predicted molar refractivity (Wildman–Crippen MR) is 94.9 cm³/mol. The van der Waals surface area contributed by atoms with Gasteiger partial charge in [0.2, 0.25) is 0 Å². The van der Waals surface area contributed by atoms with Crippen molar-refractivity contribution in [2.45, 2.75) is 46.1 Å². The summed E-state index contributed by atoms with van der Waals surface area (Å²) >= 11 is 1.79. The van der Waals surface area contributed by atoms with Crippen molar-refractivity contribution >= 4 is 17.3 Å². The zero-order valence-corrected chi connectivity index (χ0v) is 15.1. The maximum absolute atomic E-state index is 4.47. The third-order valence-corrected chi connectivity index (χ3v) is 5.41. The molecule has 0 aromatic carbocycles. The molecule has 1 aliphatic rings. The van der Waals surface area contributed by atoms with E-state index in [0.717, 1.165) is 42.7 Å². The Labute approximate surface area is 138 Å². The number of likely N-dealkylation sites (N-methyl/N-ethyl adjacent to an activating group) is 1. The van der Waals surface area contributed by atoms with Crippen LogP contribution in [0.2, 0.25) is 0 Å². The molecule has 22 heavy (non-hydrogen) atoms. The number of thiazole rings is 1. The Balaban J connectivity index is 1.72. The minimum absolute atomic E-state index is 0.648. The van der Waals surface area contributed by atoms with Crippen LogP contribution in [0, 0.1) is 13.8 Å². The highest BCUT2D eigenvalue weighted by molar-refractivity contribution is 7.11. The number of aliphatic imine (C=N–C) groups is 1. The summed E-state index contributed by atoms with van der Waals surface area (Å²) in [5.74, 6) is 0.904. The minimum Gasteiger partial charge on any atom is -0.356 e. The first-order valence-electron chi connectivity index (χ1n) is 8.25. The molecule has 1 unspecified atom stereocenters. The fraction of sp³-hybridized carbons (Fsp3) is 0.750. The summed E-state index contributed by atoms with van der Waals surface area (Å²) in [6.07, 6.45) is 3.61. The van der Waals surface area contributed by atoms with Crippen LogP contribution in [0.25, 0.3) is 0 Å². The van der Waals surface area contributed by atoms with Crippen LogP contribution in [-0.2, 0) is 6.42 Å². The average Bonchev–Trinajstić information content (AvgIpc) is 3.08. The van der Waals surface area contributed by atoms with Crippen LogP contribution in [0.5, 0.6) is 0 Å². The number of hydrogen-bond donors (Lipinski definition) is 2. The second-order valence-corrected chi connectivity index (χ2v) is 7.08. The molecule has 0 amide bonds. The monoisotopic (exact) mass is 323 g/mol. The predicted octanol–water partition coefficient (Wildman–Crippen LogP) is 1.95. The summed E-state index contributed by atoms with van der Waals surface area (Å²) in [7, 11) is 1.84. The smallest absolute Gasteiger partial charge is 0.191 e. The molecule has 1 aromatic heterocycles. The molecule has 0 bridgehead atoms. The van der Waals surface area contributed by atoms with Crippen molar-refractivity contribution in [3.05, 3.63) is 15.6 Å². The van der Waals surface area contributed by atoms with Crippen molar-refractivity contribution in [3.63, 3.8) is 0 Å². The van der Waals surface area contributed by atoms with Crippen LogP contribution in [0.4, 0.5) is 0 Å². The Morgan fingerprint density at radius 1 is 1.41 bits per heavy atom. The van der Waals surface area contributed by atoms with E-state index in [9.17, 15) is 0 Å². The van der Waals surface area contributed by atoms with E-state index in [4.69, 9.17) is 0 Å². The van der Waals surface area contributed by atoms with Gasteiger partial charge in [-0.05, 0) is 39.8 Å². The molecule has 1 atom stereocenters. The van der Waals surface area contributed by atoms with Gasteiger partial charge in [-0.15, -0.1) is 11.3 Å². The molecule has 1 fully saturated rings. The van der Waals surface area contributed by atoms with E-state index in [2.05, 4.69) is 46.3 Å². The highest BCUT2D eigenvalue weighted by atomic mass is 32.1. The molecule has 0 spiro atoms. The topological polar surface area (TPSA) is 52.5 Å². The molecule has 5 nitrogen and oxygen atoms in total. The van der Waals surface area contributed by atoms with Crippen LogP contribution in [0.3, 0.4) is 0 Å². The third-order valence-electron chi connectivity index (χ3n) is 4.28. The Kier molecular flexibility index (Phi) is 6.64. The fourth-order valence-electron chi connectivity index (χ4n) is 3.08. The fourth-order valence-corrected chi connectivity index (χ4v) is 4.01. The number of aryl methyl sites for hydroxylation is 2. The average molecular weight is 324 g/mol. The maximum Gasteiger partial charge on any atom is 0.191 e. The van der Waals surface area contributed by atoms with E-state index in [0.29, 0.717) is 6.04 Å². The first-order valence-corrected chi connectivity index (χ1v) is 9.07. The standard InChI is InChI=1S/C16H29N5S/c1-5-21-10-6-7-14(21)11-19-16(17-4)18-9-8-15-12(2)20-13(3)22-15/h14H,5-11H2,1-4H3,(H2,17,18,19). The first kappa shape index (κ1) is 17.2. The van der Waals surface area contributed by atoms with Crippen LogP contribution < -0.4 is 10.6 Å². The summed E-state index contributed by atoms with van der Waals surface area (Å²) < 4.78 is 0. The number of nitrogens with one attached hydrogen (secondary N) is 2. The molecule has 0 saturated carbocycles. The minimum atomic E-state index is 0.648.